The van der Waals surface area contributed by atoms with Gasteiger partial charge in [0.25, 0.3) is 11.8 Å². The Morgan fingerprint density at radius 1 is 1.08 bits per heavy atom. The molecule has 1 saturated carbocycles. The Kier molecular flexibility index (Phi) is 4.05. The molecule has 1 aromatic carbocycles. The molecule has 2 aliphatic rings. The third-order valence-corrected chi connectivity index (χ3v) is 5.47. The molecule has 7 nitrogen and oxygen atoms in total. The SMILES string of the molecule is O=C1c2ccccc2C(=O)N1CCSc1nnnn1C1CCCC1. The molecule has 2 aromatic rings. The van der Waals surface area contributed by atoms with Crippen molar-refractivity contribution in [3.05, 3.63) is 35.4 Å². The molecule has 0 saturated heterocycles. The molecule has 2 amide bonds. The van der Waals surface area contributed by atoms with Gasteiger partial charge >= 0.3 is 0 Å². The zero-order valence-electron chi connectivity index (χ0n) is 13.1. The lowest BCUT2D eigenvalue weighted by molar-refractivity contribution is 0.0664. The fraction of sp³-hybridized carbons (Fsp3) is 0.438. The van der Waals surface area contributed by atoms with Crippen LogP contribution in [0.25, 0.3) is 0 Å². The van der Waals surface area contributed by atoms with Gasteiger partial charge in [0, 0.05) is 12.3 Å². The van der Waals surface area contributed by atoms with Crippen LogP contribution >= 0.6 is 11.8 Å². The van der Waals surface area contributed by atoms with Crippen molar-refractivity contribution in [3.63, 3.8) is 0 Å². The summed E-state index contributed by atoms with van der Waals surface area (Å²) in [5, 5.41) is 12.7. The van der Waals surface area contributed by atoms with Gasteiger partial charge in [-0.15, -0.1) is 5.10 Å². The first-order valence-electron chi connectivity index (χ1n) is 8.11. The van der Waals surface area contributed by atoms with Crippen molar-refractivity contribution in [1.29, 1.82) is 0 Å². The van der Waals surface area contributed by atoms with Gasteiger partial charge < -0.3 is 0 Å². The number of fused-ring (bicyclic) bond motifs is 1. The van der Waals surface area contributed by atoms with E-state index in [-0.39, 0.29) is 11.8 Å². The molecular formula is C16H17N5O2S. The van der Waals surface area contributed by atoms with Crippen molar-refractivity contribution in [2.24, 2.45) is 0 Å². The van der Waals surface area contributed by atoms with Crippen LogP contribution in [0.4, 0.5) is 0 Å². The number of nitrogens with zero attached hydrogens (tertiary/aromatic N) is 5. The van der Waals surface area contributed by atoms with Crippen molar-refractivity contribution < 1.29 is 9.59 Å². The lowest BCUT2D eigenvalue weighted by Crippen LogP contribution is -2.31. The van der Waals surface area contributed by atoms with Crippen LogP contribution in [-0.4, -0.2) is 49.2 Å². The molecule has 1 aliphatic carbocycles. The van der Waals surface area contributed by atoms with E-state index in [0.29, 0.717) is 29.5 Å². The van der Waals surface area contributed by atoms with E-state index in [1.807, 2.05) is 4.68 Å². The summed E-state index contributed by atoms with van der Waals surface area (Å²) in [5.41, 5.74) is 0.978. The summed E-state index contributed by atoms with van der Waals surface area (Å²) in [5.74, 6) is 0.150. The molecule has 1 aliphatic heterocycles. The van der Waals surface area contributed by atoms with Gasteiger partial charge in [-0.05, 0) is 35.4 Å². The number of hydrogen-bond donors (Lipinski definition) is 0. The molecule has 2 heterocycles. The third kappa shape index (κ3) is 2.60. The number of carbonyl (C=O) groups excluding carboxylic acids is 2. The van der Waals surface area contributed by atoms with E-state index in [4.69, 9.17) is 0 Å². The van der Waals surface area contributed by atoms with Gasteiger partial charge in [-0.3, -0.25) is 14.5 Å². The Bertz CT molecular complexity index is 749. The molecule has 0 radical (unpaired) electrons. The number of amides is 2. The highest BCUT2D eigenvalue weighted by Gasteiger charge is 2.34. The van der Waals surface area contributed by atoms with Crippen LogP contribution in [-0.2, 0) is 0 Å². The Morgan fingerprint density at radius 3 is 2.42 bits per heavy atom. The number of imide groups is 1. The molecule has 0 bridgehead atoms. The van der Waals surface area contributed by atoms with Crippen LogP contribution in [0.15, 0.2) is 29.4 Å². The molecule has 0 atom stereocenters. The van der Waals surface area contributed by atoms with Gasteiger partial charge in [-0.1, -0.05) is 36.7 Å². The number of carbonyl (C=O) groups is 2. The van der Waals surface area contributed by atoms with Gasteiger partial charge in [0.1, 0.15) is 0 Å². The van der Waals surface area contributed by atoms with Gasteiger partial charge in [0.15, 0.2) is 0 Å². The lowest BCUT2D eigenvalue weighted by Gasteiger charge is -2.14. The molecule has 1 fully saturated rings. The van der Waals surface area contributed by atoms with Crippen LogP contribution in [0, 0.1) is 0 Å². The largest absolute Gasteiger partial charge is 0.273 e. The Morgan fingerprint density at radius 2 is 1.75 bits per heavy atom. The van der Waals surface area contributed by atoms with Crippen molar-refractivity contribution in [2.75, 3.05) is 12.3 Å². The Hall–Kier alpha value is -2.22. The van der Waals surface area contributed by atoms with Crippen LogP contribution < -0.4 is 0 Å². The standard InChI is InChI=1S/C16H17N5O2S/c22-14-12-7-3-4-8-13(12)15(23)20(14)9-10-24-16-17-18-19-21(16)11-5-1-2-6-11/h3-4,7-8,11H,1-2,5-6,9-10H2. The minimum absolute atomic E-state index is 0.216. The summed E-state index contributed by atoms with van der Waals surface area (Å²) in [4.78, 5) is 26.0. The first-order chi connectivity index (χ1) is 11.8. The molecule has 8 heteroatoms. The number of rotatable bonds is 5. The molecule has 124 valence electrons. The predicted molar refractivity (Wildman–Crippen MR) is 87.9 cm³/mol. The highest BCUT2D eigenvalue weighted by molar-refractivity contribution is 7.99. The second-order valence-electron chi connectivity index (χ2n) is 6.00. The topological polar surface area (TPSA) is 81.0 Å². The van der Waals surface area contributed by atoms with E-state index in [0.717, 1.165) is 18.0 Å². The van der Waals surface area contributed by atoms with Gasteiger partial charge in [0.05, 0.1) is 17.2 Å². The number of hydrogen-bond acceptors (Lipinski definition) is 6. The average Bonchev–Trinajstić information content (AvgIpc) is 3.32. The summed E-state index contributed by atoms with van der Waals surface area (Å²) in [6, 6.07) is 7.32. The monoisotopic (exact) mass is 343 g/mol. The van der Waals surface area contributed by atoms with E-state index in [2.05, 4.69) is 15.5 Å². The quantitative estimate of drug-likeness (QED) is 0.611. The molecule has 1 aromatic heterocycles. The molecule has 24 heavy (non-hydrogen) atoms. The van der Waals surface area contributed by atoms with Crippen molar-refractivity contribution >= 4 is 23.6 Å². The van der Waals surface area contributed by atoms with Gasteiger partial charge in [0.2, 0.25) is 5.16 Å². The number of aromatic nitrogens is 4. The van der Waals surface area contributed by atoms with Gasteiger partial charge in [-0.25, -0.2) is 4.68 Å². The second kappa shape index (κ2) is 6.35. The van der Waals surface area contributed by atoms with Crippen LogP contribution in [0.5, 0.6) is 0 Å². The molecule has 0 unspecified atom stereocenters. The summed E-state index contributed by atoms with van der Waals surface area (Å²) in [6.07, 6.45) is 4.64. The normalized spacial score (nSPS) is 17.8. The maximum atomic E-state index is 12.3. The minimum Gasteiger partial charge on any atom is -0.273 e. The third-order valence-electron chi connectivity index (χ3n) is 4.56. The van der Waals surface area contributed by atoms with E-state index < -0.39 is 0 Å². The maximum absolute atomic E-state index is 12.3. The molecule has 4 rings (SSSR count). The van der Waals surface area contributed by atoms with E-state index in [1.54, 1.807) is 24.3 Å². The zero-order chi connectivity index (χ0) is 16.5. The van der Waals surface area contributed by atoms with E-state index in [9.17, 15) is 9.59 Å². The number of thioether (sulfide) groups is 1. The summed E-state index contributed by atoms with van der Waals surface area (Å²) >= 11 is 1.49. The van der Waals surface area contributed by atoms with Crippen LogP contribution in [0.3, 0.4) is 0 Å². The van der Waals surface area contributed by atoms with Crippen molar-refractivity contribution in [3.8, 4) is 0 Å². The highest BCUT2D eigenvalue weighted by Crippen LogP contribution is 2.31. The zero-order valence-corrected chi connectivity index (χ0v) is 13.9. The van der Waals surface area contributed by atoms with Crippen LogP contribution in [0.2, 0.25) is 0 Å². The Balaban J connectivity index is 1.40. The summed E-state index contributed by atoms with van der Waals surface area (Å²) in [6.45, 7) is 0.356. The minimum atomic E-state index is -0.216. The predicted octanol–water partition coefficient (Wildman–Crippen LogP) is 2.18. The average molecular weight is 343 g/mol. The van der Waals surface area contributed by atoms with Crippen molar-refractivity contribution in [2.45, 2.75) is 36.9 Å². The fourth-order valence-electron chi connectivity index (χ4n) is 3.33. The first-order valence-corrected chi connectivity index (χ1v) is 9.10. The van der Waals surface area contributed by atoms with E-state index >= 15 is 0 Å². The maximum Gasteiger partial charge on any atom is 0.261 e. The molecule has 0 N–H and O–H groups in total. The second-order valence-corrected chi connectivity index (χ2v) is 7.06. The van der Waals surface area contributed by atoms with Crippen LogP contribution in [0.1, 0.15) is 52.4 Å². The summed E-state index contributed by atoms with van der Waals surface area (Å²) < 4.78 is 1.89. The van der Waals surface area contributed by atoms with E-state index in [1.165, 1.54) is 29.5 Å². The number of benzene rings is 1. The Labute approximate surface area is 143 Å². The molecule has 0 spiro atoms. The summed E-state index contributed by atoms with van der Waals surface area (Å²) in [7, 11) is 0. The molecular weight excluding hydrogens is 326 g/mol. The fourth-order valence-corrected chi connectivity index (χ4v) is 4.20. The van der Waals surface area contributed by atoms with Crippen molar-refractivity contribution in [1.82, 2.24) is 25.1 Å². The number of tetrazole rings is 1. The first kappa shape index (κ1) is 15.3. The highest BCUT2D eigenvalue weighted by atomic mass is 32.2. The van der Waals surface area contributed by atoms with Gasteiger partial charge in [-0.2, -0.15) is 0 Å². The smallest absolute Gasteiger partial charge is 0.261 e. The lowest BCUT2D eigenvalue weighted by atomic mass is 10.1.